The molecule has 0 radical (unpaired) electrons. The van der Waals surface area contributed by atoms with Crippen LogP contribution in [0.5, 0.6) is 0 Å². The Morgan fingerprint density at radius 3 is 0.340 bits per heavy atom. The Bertz CT molecular complexity index is 287. The van der Waals surface area contributed by atoms with Crippen LogP contribution >= 0.6 is 70.6 Å². The molecule has 0 bridgehead atoms. The van der Waals surface area contributed by atoms with Crippen LogP contribution in [0.2, 0.25) is 0 Å². The summed E-state index contributed by atoms with van der Waals surface area (Å²) in [6, 6.07) is 0. The molecule has 0 heterocycles. The van der Waals surface area contributed by atoms with Crippen molar-refractivity contribution in [2.45, 2.75) is 37.7 Å². The molecule has 29 heteroatoms. The van der Waals surface area contributed by atoms with Gasteiger partial charge in [0.1, 0.15) is 0 Å². The topological polar surface area (TPSA) is 465 Å². The van der Waals surface area contributed by atoms with Gasteiger partial charge in [0.15, 0.2) is 37.7 Å². The molecule has 0 unspecified atom stereocenters. The molecule has 0 aromatic heterocycles. The third-order valence-electron chi connectivity index (χ3n) is 1.89. The predicted molar refractivity (Wildman–Crippen MR) is 186 cm³/mol. The van der Waals surface area contributed by atoms with Crippen molar-refractivity contribution in [1.29, 1.82) is 0 Å². The molecule has 0 saturated carbocycles. The second-order valence-corrected chi connectivity index (χ2v) is 11.1. The molecule has 0 spiro atoms. The molecule has 0 aliphatic heterocycles. The fraction of sp³-hybridized carbons (Fsp3) is 1.00. The Morgan fingerprint density at radius 1 is 0.277 bits per heavy atom. The Morgan fingerprint density at radius 2 is 0.340 bits per heavy atom. The fourth-order valence-corrected chi connectivity index (χ4v) is 2.68. The first-order chi connectivity index (χ1) is 16.6. The first kappa shape index (κ1) is 111. The summed E-state index contributed by atoms with van der Waals surface area (Å²) in [5, 5.41) is 97.0. The molecule has 19 nitrogen and oxygen atoms in total. The van der Waals surface area contributed by atoms with Crippen LogP contribution < -0.4 is 0 Å². The SMILES string of the molecule is CSCC(O)O.CSCC(O)O.CSCC(O)O.CSCC(O)O.CSCC(O)O.CSCC(O)O.O.O.O.O.O.O.[Nd].[Nd].[Nd].[Nd].[OH3+]. The molecular formula is C18H63Nd4O19S6+. The molecule has 0 atom stereocenters. The van der Waals surface area contributed by atoms with Crippen molar-refractivity contribution in [3.05, 3.63) is 0 Å². The van der Waals surface area contributed by atoms with E-state index < -0.39 is 37.7 Å². The van der Waals surface area contributed by atoms with Gasteiger partial charge in [-0.3, -0.25) is 0 Å². The second kappa shape index (κ2) is 105. The maximum Gasteiger partial charge on any atom is 0.160 e. The molecule has 0 aliphatic rings. The predicted octanol–water partition coefficient (Wildman–Crippen LogP) is -7.91. The molecule has 0 amide bonds. The number of hydrogen-bond donors (Lipinski definition) is 12. The van der Waals surface area contributed by atoms with E-state index in [1.807, 2.05) is 37.5 Å². The minimum absolute atomic E-state index is 0. The average Bonchev–Trinajstić information content (AvgIpc) is 2.69. The van der Waals surface area contributed by atoms with Crippen molar-refractivity contribution in [2.24, 2.45) is 0 Å². The summed E-state index contributed by atoms with van der Waals surface area (Å²) >= 11 is 8.46. The van der Waals surface area contributed by atoms with E-state index in [9.17, 15) is 0 Å². The van der Waals surface area contributed by atoms with Crippen LogP contribution in [0.4, 0.5) is 0 Å². The van der Waals surface area contributed by atoms with Gasteiger partial charge in [-0.25, -0.2) is 0 Å². The van der Waals surface area contributed by atoms with Crippen molar-refractivity contribution in [1.82, 2.24) is 0 Å². The van der Waals surface area contributed by atoms with Crippen LogP contribution in [0.25, 0.3) is 0 Å². The van der Waals surface area contributed by atoms with Crippen LogP contribution in [0.15, 0.2) is 0 Å². The Hall–Kier alpha value is 6.74. The summed E-state index contributed by atoms with van der Waals surface area (Å²) < 4.78 is 0. The van der Waals surface area contributed by atoms with Gasteiger partial charge in [0.25, 0.3) is 0 Å². The van der Waals surface area contributed by atoms with E-state index in [4.69, 9.17) is 61.3 Å². The van der Waals surface area contributed by atoms with Gasteiger partial charge in [0.2, 0.25) is 0 Å². The molecule has 300 valence electrons. The van der Waals surface area contributed by atoms with Crippen molar-refractivity contribution in [2.75, 3.05) is 72.1 Å². The Kier molecular flexibility index (Phi) is 246. The molecule has 0 aromatic rings. The average molecular weight is 1350 g/mol. The molecule has 0 saturated heterocycles. The first-order valence-electron chi connectivity index (χ1n) is 9.73. The molecule has 47 heavy (non-hydrogen) atoms. The molecule has 0 fully saturated rings. The minimum Gasteiger partial charge on any atom is -0.457 e. The number of thioether (sulfide) groups is 6. The monoisotopic (exact) mass is 1340 g/mol. The van der Waals surface area contributed by atoms with E-state index in [-0.39, 0.29) is 202 Å². The Balaban J connectivity index is -0.0000000146. The largest absolute Gasteiger partial charge is 0.457 e. The van der Waals surface area contributed by atoms with Gasteiger partial charge >= 0.3 is 0 Å². The Labute approximate surface area is 435 Å². The second-order valence-electron chi connectivity index (χ2n) is 5.62. The van der Waals surface area contributed by atoms with E-state index in [0.29, 0.717) is 34.5 Å². The zero-order valence-corrected chi connectivity index (χ0v) is 44.8. The van der Waals surface area contributed by atoms with Crippen LogP contribution in [0.3, 0.4) is 0 Å². The molecule has 0 aliphatic carbocycles. The van der Waals surface area contributed by atoms with E-state index in [1.165, 1.54) is 70.6 Å². The van der Waals surface area contributed by atoms with Gasteiger partial charge in [0, 0.05) is 198 Å². The van der Waals surface area contributed by atoms with E-state index in [1.54, 1.807) is 0 Å². The first-order valence-corrected chi connectivity index (χ1v) is 18.1. The third kappa shape index (κ3) is 222. The van der Waals surface area contributed by atoms with Crippen LogP contribution in [-0.4, -0.2) is 204 Å². The smallest absolute Gasteiger partial charge is 0.160 e. The maximum atomic E-state index is 8.09. The van der Waals surface area contributed by atoms with Crippen molar-refractivity contribution < 1.29 is 263 Å². The molecule has 0 aromatic carbocycles. The van der Waals surface area contributed by atoms with E-state index in [2.05, 4.69) is 0 Å². The van der Waals surface area contributed by atoms with Gasteiger partial charge in [0.05, 0.1) is 0 Å². The zero-order chi connectivity index (χ0) is 29.9. The fourth-order valence-electron chi connectivity index (χ4n) is 0.894. The minimum atomic E-state index is -1.14. The maximum absolute atomic E-state index is 8.09. The summed E-state index contributed by atoms with van der Waals surface area (Å²) in [6.45, 7) is 0. The van der Waals surface area contributed by atoms with Crippen molar-refractivity contribution in [3.63, 3.8) is 0 Å². The quantitative estimate of drug-likeness (QED) is 0.0638. The van der Waals surface area contributed by atoms with Crippen molar-refractivity contribution >= 4 is 70.6 Å². The standard InChI is InChI=1S/6C3H8O2S.4Nd.7H2O/c6*1-6-2-3(4)5;;;;;;;;;;;/h6*3-5H,2H2,1H3;;;;;7*1H2/p+1. The van der Waals surface area contributed by atoms with Crippen LogP contribution in [0.1, 0.15) is 0 Å². The summed E-state index contributed by atoms with van der Waals surface area (Å²) in [5.74, 6) is 2.42. The van der Waals surface area contributed by atoms with Gasteiger partial charge in [-0.2, -0.15) is 70.6 Å². The molecular weight excluding hydrogens is 1290 g/mol. The summed E-state index contributed by atoms with van der Waals surface area (Å²) in [7, 11) is 0. The van der Waals surface area contributed by atoms with Gasteiger partial charge in [-0.05, 0) is 37.5 Å². The number of aliphatic hydroxyl groups excluding tert-OH is 6. The van der Waals surface area contributed by atoms with Crippen LogP contribution in [0, 0.1) is 163 Å². The van der Waals surface area contributed by atoms with Gasteiger partial charge in [-0.15, -0.1) is 0 Å². The van der Waals surface area contributed by atoms with Gasteiger partial charge < -0.3 is 99.6 Å². The van der Waals surface area contributed by atoms with Gasteiger partial charge in [-0.1, -0.05) is 0 Å². The number of aliphatic hydroxyl groups is 12. The summed E-state index contributed by atoms with van der Waals surface area (Å²) in [4.78, 5) is 0. The third-order valence-corrected chi connectivity index (χ3v) is 5.68. The van der Waals surface area contributed by atoms with Crippen molar-refractivity contribution in [3.8, 4) is 0 Å². The van der Waals surface area contributed by atoms with E-state index in [0.717, 1.165) is 0 Å². The van der Waals surface area contributed by atoms with Crippen LogP contribution in [-0.2, 0) is 5.48 Å². The zero-order valence-electron chi connectivity index (χ0n) is 27.1. The summed E-state index contributed by atoms with van der Waals surface area (Å²) in [5.41, 5.74) is 0. The summed E-state index contributed by atoms with van der Waals surface area (Å²) in [6.07, 6.45) is 4.08. The molecule has 0 rings (SSSR count). The number of rotatable bonds is 12. The number of hydrogen-bond acceptors (Lipinski definition) is 18. The normalized spacial score (nSPS) is 7.66. The molecule has 27 N–H and O–H groups in total. The van der Waals surface area contributed by atoms with E-state index >= 15 is 0 Å².